The van der Waals surface area contributed by atoms with Crippen LogP contribution in [0.25, 0.3) is 44.3 Å². The molecule has 5 rings (SSSR count). The van der Waals surface area contributed by atoms with Crippen LogP contribution in [0.3, 0.4) is 0 Å². The molecule has 0 fully saturated rings. The van der Waals surface area contributed by atoms with Gasteiger partial charge in [-0.1, -0.05) is 54.6 Å². The van der Waals surface area contributed by atoms with E-state index in [4.69, 9.17) is 0 Å². The third-order valence-corrected chi connectivity index (χ3v) is 6.13. The van der Waals surface area contributed by atoms with Crippen molar-refractivity contribution in [2.45, 2.75) is 13.8 Å². The monoisotopic (exact) mass is 401 g/mol. The fraction of sp³-hybridized carbons (Fsp3) is 0.103. The van der Waals surface area contributed by atoms with Crippen molar-refractivity contribution in [3.8, 4) is 33.5 Å². The Kier molecular flexibility index (Phi) is 4.83. The second kappa shape index (κ2) is 7.81. The number of hydrogen-bond donors (Lipinski definition) is 0. The molecule has 0 atom stereocenters. The number of hydrogen-bond acceptors (Lipinski definition) is 1. The van der Waals surface area contributed by atoms with Gasteiger partial charge < -0.3 is 0 Å². The summed E-state index contributed by atoms with van der Waals surface area (Å²) in [4.78, 5) is 4.30. The van der Waals surface area contributed by atoms with E-state index >= 15 is 0 Å². The molecule has 2 nitrogen and oxygen atoms in total. The standard InChI is InChI=1S/C29H25N2/c1-20-11-12-24(25-10-7-15-30-19-25)18-28(20)29-27-14-13-23(22-8-5-4-6-9-22)17-26(27)16-21(2)31(29)3/h4-19H,1-3H3/q+1. The van der Waals surface area contributed by atoms with Gasteiger partial charge in [0.15, 0.2) is 5.69 Å². The maximum atomic E-state index is 4.30. The molecule has 31 heavy (non-hydrogen) atoms. The lowest BCUT2D eigenvalue weighted by molar-refractivity contribution is -0.665. The average molecular weight is 402 g/mol. The van der Waals surface area contributed by atoms with Crippen molar-refractivity contribution in [1.29, 1.82) is 0 Å². The van der Waals surface area contributed by atoms with Gasteiger partial charge in [0.2, 0.25) is 5.69 Å². The van der Waals surface area contributed by atoms with Crippen molar-refractivity contribution in [3.05, 3.63) is 109 Å². The molecule has 3 aromatic carbocycles. The summed E-state index contributed by atoms with van der Waals surface area (Å²) >= 11 is 0. The number of benzene rings is 3. The zero-order valence-corrected chi connectivity index (χ0v) is 18.1. The van der Waals surface area contributed by atoms with Gasteiger partial charge in [-0.15, -0.1) is 0 Å². The Morgan fingerprint density at radius 1 is 0.677 bits per heavy atom. The summed E-state index contributed by atoms with van der Waals surface area (Å²) in [6.07, 6.45) is 3.74. The average Bonchev–Trinajstić information content (AvgIpc) is 2.81. The predicted molar refractivity (Wildman–Crippen MR) is 129 cm³/mol. The highest BCUT2D eigenvalue weighted by Crippen LogP contribution is 2.34. The van der Waals surface area contributed by atoms with E-state index in [1.807, 2.05) is 18.5 Å². The largest absolute Gasteiger partial charge is 0.264 e. The maximum absolute atomic E-state index is 4.30. The third-order valence-electron chi connectivity index (χ3n) is 6.13. The van der Waals surface area contributed by atoms with Gasteiger partial charge in [0.05, 0.1) is 10.9 Å². The highest BCUT2D eigenvalue weighted by molar-refractivity contribution is 5.96. The summed E-state index contributed by atoms with van der Waals surface area (Å²) in [5, 5.41) is 2.53. The van der Waals surface area contributed by atoms with Crippen molar-refractivity contribution in [1.82, 2.24) is 4.98 Å². The molecule has 0 saturated heterocycles. The Labute approximate surface area is 183 Å². The van der Waals surface area contributed by atoms with Crippen LogP contribution in [0.2, 0.25) is 0 Å². The second-order valence-electron chi connectivity index (χ2n) is 8.13. The summed E-state index contributed by atoms with van der Waals surface area (Å²) in [5.74, 6) is 0. The molecule has 0 unspecified atom stereocenters. The van der Waals surface area contributed by atoms with Gasteiger partial charge in [-0.3, -0.25) is 4.98 Å². The minimum atomic E-state index is 1.13. The van der Waals surface area contributed by atoms with Crippen LogP contribution in [0.4, 0.5) is 0 Å². The van der Waals surface area contributed by atoms with Crippen molar-refractivity contribution >= 4 is 10.8 Å². The fourth-order valence-electron chi connectivity index (χ4n) is 4.30. The molecular formula is C29H25N2+. The Morgan fingerprint density at radius 2 is 1.42 bits per heavy atom. The van der Waals surface area contributed by atoms with E-state index in [0.29, 0.717) is 0 Å². The quantitative estimate of drug-likeness (QED) is 0.308. The lowest BCUT2D eigenvalue weighted by Crippen LogP contribution is -2.35. The number of aromatic nitrogens is 2. The number of pyridine rings is 2. The zero-order chi connectivity index (χ0) is 21.4. The van der Waals surface area contributed by atoms with Crippen LogP contribution in [0, 0.1) is 13.8 Å². The lowest BCUT2D eigenvalue weighted by atomic mass is 9.93. The summed E-state index contributed by atoms with van der Waals surface area (Å²) in [5.41, 5.74) is 9.81. The number of fused-ring (bicyclic) bond motifs is 1. The molecule has 2 heterocycles. The molecule has 0 radical (unpaired) electrons. The Balaban J connectivity index is 1.74. The molecule has 0 bridgehead atoms. The van der Waals surface area contributed by atoms with Gasteiger partial charge in [0, 0.05) is 30.9 Å². The number of nitrogens with zero attached hydrogens (tertiary/aromatic N) is 2. The Bertz CT molecular complexity index is 1390. The SMILES string of the molecule is Cc1ccc(-c2cccnc2)cc1-c1c2ccc(-c3ccccc3)cc2cc(C)[n+]1C. The minimum Gasteiger partial charge on any atom is -0.264 e. The molecule has 0 aliphatic rings. The van der Waals surface area contributed by atoms with Crippen molar-refractivity contribution < 1.29 is 4.57 Å². The van der Waals surface area contributed by atoms with Crippen molar-refractivity contribution in [2.24, 2.45) is 7.05 Å². The molecule has 0 aliphatic heterocycles. The highest BCUT2D eigenvalue weighted by atomic mass is 14.9. The van der Waals surface area contributed by atoms with E-state index in [1.165, 1.54) is 50.0 Å². The van der Waals surface area contributed by atoms with E-state index in [9.17, 15) is 0 Å². The molecule has 5 aromatic rings. The van der Waals surface area contributed by atoms with Crippen molar-refractivity contribution in [2.75, 3.05) is 0 Å². The van der Waals surface area contributed by atoms with Gasteiger partial charge in [0.1, 0.15) is 7.05 Å². The van der Waals surface area contributed by atoms with E-state index in [0.717, 1.165) is 5.56 Å². The molecule has 2 aromatic heterocycles. The Morgan fingerprint density at radius 3 is 2.19 bits per heavy atom. The van der Waals surface area contributed by atoms with Crippen LogP contribution in [0.15, 0.2) is 97.3 Å². The van der Waals surface area contributed by atoms with Crippen molar-refractivity contribution in [3.63, 3.8) is 0 Å². The van der Waals surface area contributed by atoms with Crippen LogP contribution in [0.1, 0.15) is 11.3 Å². The van der Waals surface area contributed by atoms with Gasteiger partial charge in [-0.25, -0.2) is 0 Å². The number of rotatable bonds is 3. The first kappa shape index (κ1) is 19.2. The lowest BCUT2D eigenvalue weighted by Gasteiger charge is -2.13. The predicted octanol–water partition coefficient (Wildman–Crippen LogP) is 6.68. The van der Waals surface area contributed by atoms with E-state index in [-0.39, 0.29) is 0 Å². The van der Waals surface area contributed by atoms with Crippen LogP contribution in [0.5, 0.6) is 0 Å². The minimum absolute atomic E-state index is 1.13. The van der Waals surface area contributed by atoms with E-state index in [2.05, 4.69) is 109 Å². The normalized spacial score (nSPS) is 11.1. The summed E-state index contributed by atoms with van der Waals surface area (Å²) in [6, 6.07) is 30.5. The van der Waals surface area contributed by atoms with Crippen LogP contribution >= 0.6 is 0 Å². The molecule has 2 heteroatoms. The smallest absolute Gasteiger partial charge is 0.220 e. The van der Waals surface area contributed by atoms with Gasteiger partial charge in [0.25, 0.3) is 0 Å². The Hall–Kier alpha value is -3.78. The molecule has 0 amide bonds. The maximum Gasteiger partial charge on any atom is 0.220 e. The van der Waals surface area contributed by atoms with E-state index < -0.39 is 0 Å². The number of aryl methyl sites for hydroxylation is 2. The summed E-state index contributed by atoms with van der Waals surface area (Å²) in [7, 11) is 2.16. The first-order chi connectivity index (χ1) is 15.1. The zero-order valence-electron chi connectivity index (χ0n) is 18.1. The molecule has 150 valence electrons. The van der Waals surface area contributed by atoms with Gasteiger partial charge >= 0.3 is 0 Å². The van der Waals surface area contributed by atoms with Gasteiger partial charge in [-0.2, -0.15) is 4.57 Å². The van der Waals surface area contributed by atoms with E-state index in [1.54, 1.807) is 0 Å². The topological polar surface area (TPSA) is 16.8 Å². The summed E-state index contributed by atoms with van der Waals surface area (Å²) < 4.78 is 2.31. The van der Waals surface area contributed by atoms with Crippen LogP contribution < -0.4 is 4.57 Å². The van der Waals surface area contributed by atoms with Crippen LogP contribution in [-0.2, 0) is 7.05 Å². The third kappa shape index (κ3) is 3.51. The first-order valence-corrected chi connectivity index (χ1v) is 10.6. The molecule has 0 spiro atoms. The van der Waals surface area contributed by atoms with Gasteiger partial charge in [-0.05, 0) is 58.8 Å². The second-order valence-corrected chi connectivity index (χ2v) is 8.13. The molecule has 0 aliphatic carbocycles. The molecule has 0 N–H and O–H groups in total. The molecular weight excluding hydrogens is 376 g/mol. The fourth-order valence-corrected chi connectivity index (χ4v) is 4.30. The highest BCUT2D eigenvalue weighted by Gasteiger charge is 2.20. The summed E-state index contributed by atoms with van der Waals surface area (Å²) in [6.45, 7) is 4.37. The first-order valence-electron chi connectivity index (χ1n) is 10.6. The molecule has 0 saturated carbocycles. The van der Waals surface area contributed by atoms with Crippen LogP contribution in [-0.4, -0.2) is 4.98 Å².